The molecule has 1 atom stereocenters. The molecule has 1 unspecified atom stereocenters. The van der Waals surface area contributed by atoms with Crippen LogP contribution in [0.25, 0.3) is 15.9 Å². The van der Waals surface area contributed by atoms with Crippen LogP contribution in [0.2, 0.25) is 0 Å². The normalized spacial score (nSPS) is 20.4. The van der Waals surface area contributed by atoms with Crippen molar-refractivity contribution in [2.45, 2.75) is 47.9 Å². The molecule has 0 spiro atoms. The Labute approximate surface area is 216 Å². The van der Waals surface area contributed by atoms with Crippen LogP contribution < -0.4 is 5.69 Å². The van der Waals surface area contributed by atoms with Gasteiger partial charge >= 0.3 is 5.69 Å². The molecule has 1 saturated heterocycles. The van der Waals surface area contributed by atoms with E-state index in [4.69, 9.17) is 6.57 Å². The fraction of sp³-hybridized carbons (Fsp3) is 0.333. The molecule has 1 N–H and O–H groups in total. The van der Waals surface area contributed by atoms with Gasteiger partial charge in [0.2, 0.25) is 0 Å². The van der Waals surface area contributed by atoms with Crippen molar-refractivity contribution in [3.05, 3.63) is 111 Å². The van der Waals surface area contributed by atoms with E-state index in [2.05, 4.69) is 63.3 Å². The quantitative estimate of drug-likeness (QED) is 0.335. The zero-order chi connectivity index (χ0) is 24.5. The van der Waals surface area contributed by atoms with Crippen LogP contribution in [0.5, 0.6) is 0 Å². The lowest BCUT2D eigenvalue weighted by molar-refractivity contribution is 0.182. The zero-order valence-corrected chi connectivity index (χ0v) is 21.1. The SMILES string of the molecule is [C-]#[N+]C1(CCCN2CCC(n3c(=O)[nH]c4ccccc43)CC2)c2ccccc2CSc2ccccc21. The molecule has 2 aliphatic rings. The first kappa shape index (κ1) is 23.1. The molecule has 0 aliphatic carbocycles. The Morgan fingerprint density at radius 2 is 1.69 bits per heavy atom. The smallest absolute Gasteiger partial charge is 0.306 e. The number of H-pyrrole nitrogens is 1. The van der Waals surface area contributed by atoms with E-state index in [1.807, 2.05) is 40.6 Å². The maximum Gasteiger partial charge on any atom is 0.326 e. The van der Waals surface area contributed by atoms with Gasteiger partial charge in [-0.3, -0.25) is 9.41 Å². The summed E-state index contributed by atoms with van der Waals surface area (Å²) in [6.07, 6.45) is 3.72. The van der Waals surface area contributed by atoms with E-state index in [0.717, 1.165) is 67.7 Å². The first-order valence-electron chi connectivity index (χ1n) is 12.8. The average molecular weight is 495 g/mol. The topological polar surface area (TPSA) is 45.4 Å². The van der Waals surface area contributed by atoms with E-state index < -0.39 is 5.54 Å². The van der Waals surface area contributed by atoms with Gasteiger partial charge in [-0.1, -0.05) is 48.5 Å². The third-order valence-corrected chi connectivity index (χ3v) is 9.05. The number of nitrogens with zero attached hydrogens (tertiary/aromatic N) is 3. The Bertz CT molecular complexity index is 1440. The number of imidazole rings is 1. The number of aromatic amines is 1. The van der Waals surface area contributed by atoms with Crippen molar-refractivity contribution >= 4 is 22.8 Å². The van der Waals surface area contributed by atoms with Crippen molar-refractivity contribution in [3.8, 4) is 0 Å². The van der Waals surface area contributed by atoms with Crippen LogP contribution in [0.4, 0.5) is 0 Å². The van der Waals surface area contributed by atoms with Crippen LogP contribution in [0, 0.1) is 6.57 Å². The summed E-state index contributed by atoms with van der Waals surface area (Å²) in [5, 5.41) is 0. The molecule has 6 rings (SSSR count). The molecule has 182 valence electrons. The number of para-hydroxylation sites is 2. The van der Waals surface area contributed by atoms with Crippen LogP contribution in [-0.4, -0.2) is 34.1 Å². The van der Waals surface area contributed by atoms with Crippen molar-refractivity contribution in [1.29, 1.82) is 0 Å². The van der Waals surface area contributed by atoms with E-state index in [1.165, 1.54) is 16.0 Å². The molecular formula is C30H30N4OS. The molecule has 6 heteroatoms. The van der Waals surface area contributed by atoms with Gasteiger partial charge in [0.25, 0.3) is 5.54 Å². The van der Waals surface area contributed by atoms with Crippen molar-refractivity contribution in [3.63, 3.8) is 0 Å². The summed E-state index contributed by atoms with van der Waals surface area (Å²) in [4.78, 5) is 23.7. The van der Waals surface area contributed by atoms with Crippen LogP contribution >= 0.6 is 11.8 Å². The van der Waals surface area contributed by atoms with Gasteiger partial charge in [-0.2, -0.15) is 0 Å². The summed E-state index contributed by atoms with van der Waals surface area (Å²) in [5.74, 6) is 0.908. The summed E-state index contributed by atoms with van der Waals surface area (Å²) in [5.41, 5.74) is 4.89. The summed E-state index contributed by atoms with van der Waals surface area (Å²) in [7, 11) is 0. The fourth-order valence-corrected chi connectivity index (χ4v) is 7.26. The number of nitrogens with one attached hydrogen (secondary N) is 1. The van der Waals surface area contributed by atoms with Gasteiger partial charge in [-0.15, -0.1) is 11.8 Å². The highest BCUT2D eigenvalue weighted by Gasteiger charge is 2.45. The van der Waals surface area contributed by atoms with E-state index in [-0.39, 0.29) is 11.7 Å². The minimum Gasteiger partial charge on any atom is -0.306 e. The number of benzene rings is 3. The van der Waals surface area contributed by atoms with Gasteiger partial charge in [0.05, 0.1) is 16.6 Å². The van der Waals surface area contributed by atoms with Gasteiger partial charge in [0.15, 0.2) is 0 Å². The number of aromatic nitrogens is 2. The lowest BCUT2D eigenvalue weighted by atomic mass is 9.78. The Kier molecular flexibility index (Phi) is 6.20. The molecule has 1 aromatic heterocycles. The predicted molar refractivity (Wildman–Crippen MR) is 146 cm³/mol. The minimum absolute atomic E-state index is 0.00258. The molecule has 0 saturated carbocycles. The van der Waals surface area contributed by atoms with Crippen LogP contribution in [0.3, 0.4) is 0 Å². The average Bonchev–Trinajstić information content (AvgIpc) is 3.19. The Hall–Kier alpha value is -3.27. The summed E-state index contributed by atoms with van der Waals surface area (Å²) >= 11 is 1.85. The molecule has 4 aromatic rings. The zero-order valence-electron chi connectivity index (χ0n) is 20.3. The highest BCUT2D eigenvalue weighted by Crippen LogP contribution is 2.48. The minimum atomic E-state index is -0.633. The van der Waals surface area contributed by atoms with Gasteiger partial charge < -0.3 is 9.88 Å². The highest BCUT2D eigenvalue weighted by atomic mass is 32.2. The standard InChI is InChI=1S/C30H30N4OS/c1-31-30(24-10-3-2-9-22(24)21-36-28-14-7-4-11-25(28)30)17-8-18-33-19-15-23(16-20-33)34-27-13-6-5-12-26(27)32-29(34)35/h2-7,9-14,23H,8,15-21H2,(H,32,35). The van der Waals surface area contributed by atoms with E-state index in [1.54, 1.807) is 0 Å². The van der Waals surface area contributed by atoms with Crippen LogP contribution in [0.1, 0.15) is 48.4 Å². The monoisotopic (exact) mass is 494 g/mol. The molecule has 1 fully saturated rings. The van der Waals surface area contributed by atoms with Crippen LogP contribution in [-0.2, 0) is 11.3 Å². The maximum absolute atomic E-state index is 12.6. The van der Waals surface area contributed by atoms with Crippen molar-refractivity contribution in [1.82, 2.24) is 14.5 Å². The Balaban J connectivity index is 1.17. The van der Waals surface area contributed by atoms with Crippen molar-refractivity contribution in [2.24, 2.45) is 0 Å². The Morgan fingerprint density at radius 1 is 0.972 bits per heavy atom. The molecule has 5 nitrogen and oxygen atoms in total. The fourth-order valence-electron chi connectivity index (χ4n) is 6.13. The Morgan fingerprint density at radius 3 is 2.53 bits per heavy atom. The second kappa shape index (κ2) is 9.65. The van der Waals surface area contributed by atoms with Gasteiger partial charge in [0.1, 0.15) is 0 Å². The predicted octanol–water partition coefficient (Wildman–Crippen LogP) is 6.22. The largest absolute Gasteiger partial charge is 0.326 e. The number of rotatable bonds is 5. The van der Waals surface area contributed by atoms with E-state index in [0.29, 0.717) is 0 Å². The van der Waals surface area contributed by atoms with E-state index in [9.17, 15) is 4.79 Å². The first-order valence-corrected chi connectivity index (χ1v) is 13.8. The summed E-state index contributed by atoms with van der Waals surface area (Å²) in [6.45, 7) is 11.3. The lowest BCUT2D eigenvalue weighted by Gasteiger charge is -2.33. The second-order valence-electron chi connectivity index (χ2n) is 9.91. The molecule has 0 radical (unpaired) electrons. The number of piperidine rings is 1. The molecule has 0 amide bonds. The molecular weight excluding hydrogens is 464 g/mol. The number of hydrogen-bond acceptors (Lipinski definition) is 3. The number of fused-ring (bicyclic) bond motifs is 3. The van der Waals surface area contributed by atoms with E-state index >= 15 is 0 Å². The van der Waals surface area contributed by atoms with Gasteiger partial charge in [-0.05, 0) is 55.6 Å². The first-order chi connectivity index (χ1) is 17.7. The third-order valence-electron chi connectivity index (χ3n) is 7.93. The number of thioether (sulfide) groups is 1. The summed E-state index contributed by atoms with van der Waals surface area (Å²) < 4.78 is 1.96. The molecule has 0 bridgehead atoms. The summed E-state index contributed by atoms with van der Waals surface area (Å²) in [6, 6.07) is 25.2. The number of hydrogen-bond donors (Lipinski definition) is 1. The van der Waals surface area contributed by atoms with Crippen LogP contribution in [0.15, 0.2) is 82.5 Å². The molecule has 3 aromatic carbocycles. The molecule has 36 heavy (non-hydrogen) atoms. The lowest BCUT2D eigenvalue weighted by Crippen LogP contribution is -2.38. The molecule has 2 aliphatic heterocycles. The van der Waals surface area contributed by atoms with Crippen molar-refractivity contribution in [2.75, 3.05) is 19.6 Å². The molecule has 3 heterocycles. The third kappa shape index (κ3) is 3.97. The second-order valence-corrected chi connectivity index (χ2v) is 10.9. The van der Waals surface area contributed by atoms with Crippen molar-refractivity contribution < 1.29 is 0 Å². The highest BCUT2D eigenvalue weighted by molar-refractivity contribution is 7.98. The van der Waals surface area contributed by atoms with Gasteiger partial charge in [0, 0.05) is 41.8 Å². The number of likely N-dealkylation sites (tertiary alicyclic amines) is 1. The van der Waals surface area contributed by atoms with Gasteiger partial charge in [-0.25, -0.2) is 11.4 Å². The maximum atomic E-state index is 12.6.